The van der Waals surface area contributed by atoms with E-state index < -0.39 is 20.0 Å². The maximum absolute atomic E-state index is 13.5. The van der Waals surface area contributed by atoms with Crippen molar-refractivity contribution in [3.63, 3.8) is 0 Å². The summed E-state index contributed by atoms with van der Waals surface area (Å²) in [6, 6.07) is -0.863. The predicted octanol–water partition coefficient (Wildman–Crippen LogP) is 16.9. The van der Waals surface area contributed by atoms with Gasteiger partial charge in [-0.05, 0) is 83.1 Å². The molecule has 0 radical (unpaired) electrons. The van der Waals surface area contributed by atoms with Crippen molar-refractivity contribution in [2.45, 2.75) is 251 Å². The molecule has 0 saturated carbocycles. The molecule has 0 aliphatic carbocycles. The lowest BCUT2D eigenvalue weighted by Gasteiger charge is -2.27. The minimum absolute atomic E-state index is 0.0320. The zero-order chi connectivity index (χ0) is 50.8. The van der Waals surface area contributed by atoms with Gasteiger partial charge in [0, 0.05) is 12.8 Å². The van der Waals surface area contributed by atoms with Gasteiger partial charge in [-0.1, -0.05) is 216 Å². The molecule has 9 nitrogen and oxygen atoms in total. The Bertz CT molecular complexity index is 1420. The number of nitrogens with one attached hydrogen (secondary N) is 1. The molecule has 1 amide bonds. The summed E-state index contributed by atoms with van der Waals surface area (Å²) in [4.78, 5) is 37.5. The van der Waals surface area contributed by atoms with Gasteiger partial charge in [0.05, 0.1) is 33.8 Å². The Labute approximate surface area is 425 Å². The van der Waals surface area contributed by atoms with Crippen LogP contribution in [0.1, 0.15) is 239 Å². The number of phosphoric ester groups is 1. The molecule has 0 bridgehead atoms. The molecule has 69 heavy (non-hydrogen) atoms. The summed E-state index contributed by atoms with van der Waals surface area (Å²) in [6.45, 7) is 6.82. The number of quaternary nitrogens is 1. The Hall–Kier alpha value is -2.55. The van der Waals surface area contributed by atoms with Gasteiger partial charge in [0.2, 0.25) is 5.91 Å². The molecule has 0 saturated heterocycles. The van der Waals surface area contributed by atoms with Crippen LogP contribution in [0.3, 0.4) is 0 Å². The summed E-state index contributed by atoms with van der Waals surface area (Å²) in [5.41, 5.74) is 0. The van der Waals surface area contributed by atoms with Crippen LogP contribution in [-0.4, -0.2) is 74.3 Å². The van der Waals surface area contributed by atoms with Gasteiger partial charge in [0.1, 0.15) is 19.3 Å². The van der Waals surface area contributed by atoms with Gasteiger partial charge in [0.25, 0.3) is 0 Å². The van der Waals surface area contributed by atoms with Crippen LogP contribution in [0.5, 0.6) is 0 Å². The predicted molar refractivity (Wildman–Crippen MR) is 295 cm³/mol. The average molecular weight is 988 g/mol. The van der Waals surface area contributed by atoms with E-state index in [0.717, 1.165) is 103 Å². The average Bonchev–Trinajstić information content (AvgIpc) is 3.31. The Morgan fingerprint density at radius 3 is 1.52 bits per heavy atom. The number of rotatable bonds is 50. The first-order chi connectivity index (χ1) is 33.4. The lowest BCUT2D eigenvalue weighted by atomic mass is 10.0. The van der Waals surface area contributed by atoms with Crippen molar-refractivity contribution in [2.75, 3.05) is 40.9 Å². The molecule has 0 aromatic heterocycles. The largest absolute Gasteiger partial charge is 0.472 e. The fourth-order valence-corrected chi connectivity index (χ4v) is 8.53. The first-order valence-electron chi connectivity index (χ1n) is 28.3. The fraction of sp³-hybridized carbons (Fsp3) is 0.763. The van der Waals surface area contributed by atoms with Crippen molar-refractivity contribution >= 4 is 19.7 Å². The van der Waals surface area contributed by atoms with Gasteiger partial charge in [-0.15, -0.1) is 0 Å². The highest BCUT2D eigenvalue weighted by atomic mass is 31.2. The topological polar surface area (TPSA) is 111 Å². The zero-order valence-electron chi connectivity index (χ0n) is 45.5. The van der Waals surface area contributed by atoms with Crippen LogP contribution in [0.25, 0.3) is 0 Å². The van der Waals surface area contributed by atoms with Crippen molar-refractivity contribution in [1.29, 1.82) is 0 Å². The SMILES string of the molecule is CC/C=C/C=C/C=C\CCCCCCCC(=O)NC(COP(=O)(O)OCC[N+](C)(C)C)C(/C=C/CCCCCCCCCCCCC)OC(=O)CCCCCCCCC/C=C\C/C=C\CCCCC. The molecule has 0 fully saturated rings. The third-order valence-corrected chi connectivity index (χ3v) is 13.2. The molecule has 10 heteroatoms. The van der Waals surface area contributed by atoms with Gasteiger partial charge in [0.15, 0.2) is 0 Å². The van der Waals surface area contributed by atoms with E-state index in [4.69, 9.17) is 13.8 Å². The quantitative estimate of drug-likeness (QED) is 0.0156. The van der Waals surface area contributed by atoms with Gasteiger partial charge in [-0.25, -0.2) is 4.57 Å². The lowest BCUT2D eigenvalue weighted by molar-refractivity contribution is -0.870. The minimum atomic E-state index is -4.45. The number of esters is 1. The second kappa shape index (κ2) is 49.0. The van der Waals surface area contributed by atoms with Gasteiger partial charge >= 0.3 is 13.8 Å². The molecule has 0 spiro atoms. The molecule has 3 unspecified atom stereocenters. The Morgan fingerprint density at radius 1 is 0.536 bits per heavy atom. The normalized spacial score (nSPS) is 14.4. The molecule has 2 N–H and O–H groups in total. The molecule has 0 rings (SSSR count). The number of hydrogen-bond acceptors (Lipinski definition) is 6. The molecular formula is C59H108N2O7P+. The van der Waals surface area contributed by atoms with E-state index in [1.807, 2.05) is 33.3 Å². The maximum Gasteiger partial charge on any atom is 0.472 e. The number of amides is 1. The van der Waals surface area contributed by atoms with Crippen LogP contribution in [0.2, 0.25) is 0 Å². The number of nitrogens with zero attached hydrogens (tertiary/aromatic N) is 1. The van der Waals surface area contributed by atoms with E-state index in [9.17, 15) is 19.0 Å². The van der Waals surface area contributed by atoms with Crippen molar-refractivity contribution < 1.29 is 37.3 Å². The summed E-state index contributed by atoms with van der Waals surface area (Å²) in [5.74, 6) is -0.540. The molecular weight excluding hydrogens is 880 g/mol. The minimum Gasteiger partial charge on any atom is -0.456 e. The van der Waals surface area contributed by atoms with E-state index in [1.54, 1.807) is 0 Å². The van der Waals surface area contributed by atoms with Crippen molar-refractivity contribution in [1.82, 2.24) is 5.32 Å². The monoisotopic (exact) mass is 988 g/mol. The third kappa shape index (κ3) is 50.2. The third-order valence-electron chi connectivity index (χ3n) is 12.2. The summed E-state index contributed by atoms with van der Waals surface area (Å²) in [5, 5.41) is 3.03. The molecule has 0 aliphatic heterocycles. The Morgan fingerprint density at radius 2 is 0.986 bits per heavy atom. The molecule has 0 heterocycles. The van der Waals surface area contributed by atoms with Crippen molar-refractivity contribution in [2.24, 2.45) is 0 Å². The number of unbranched alkanes of at least 4 members (excludes halogenated alkanes) is 26. The standard InChI is InChI=1S/C59H107N2O7P/c1-7-10-13-16-19-22-25-28-29-30-31-34-37-40-43-46-49-52-59(63)68-57(50-47-44-41-38-35-32-26-23-20-17-14-11-8-2)56(55-67-69(64,65)66-54-53-61(4,5)6)60-58(62)51-48-45-42-39-36-33-27-24-21-18-15-12-9-3/h12,15,18-19,21-22,24,27-29,47,50,56-57H,7-11,13-14,16-17,20,23,25-26,30-46,48-49,51-55H2,1-6H3,(H-,60,62,64,65)/p+1/b15-12+,21-18+,22-19-,27-24-,29-28-,50-47+. The number of likely N-dealkylation sites (N-methyl/N-ethyl adjacent to an activating group) is 1. The van der Waals surface area contributed by atoms with E-state index in [0.29, 0.717) is 17.4 Å². The van der Waals surface area contributed by atoms with Crippen LogP contribution in [0.15, 0.2) is 72.9 Å². The number of carbonyl (C=O) groups excluding carboxylic acids is 2. The fourth-order valence-electron chi connectivity index (χ4n) is 7.79. The number of phosphoric acid groups is 1. The molecule has 0 aromatic carbocycles. The second-order valence-corrected chi connectivity index (χ2v) is 21.6. The summed E-state index contributed by atoms with van der Waals surface area (Å²) in [6.07, 6.45) is 61.8. The first-order valence-corrected chi connectivity index (χ1v) is 29.8. The van der Waals surface area contributed by atoms with Crippen LogP contribution >= 0.6 is 7.82 Å². The van der Waals surface area contributed by atoms with Crippen LogP contribution < -0.4 is 5.32 Å². The molecule has 400 valence electrons. The summed E-state index contributed by atoms with van der Waals surface area (Å²) in [7, 11) is 1.47. The lowest BCUT2D eigenvalue weighted by Crippen LogP contribution is -2.47. The number of carbonyl (C=O) groups is 2. The van der Waals surface area contributed by atoms with Gasteiger partial charge in [-0.2, -0.15) is 0 Å². The van der Waals surface area contributed by atoms with E-state index in [2.05, 4.69) is 86.8 Å². The van der Waals surface area contributed by atoms with Crippen molar-refractivity contribution in [3.05, 3.63) is 72.9 Å². The number of ether oxygens (including phenoxy) is 1. The van der Waals surface area contributed by atoms with Crippen LogP contribution in [-0.2, 0) is 27.9 Å². The number of allylic oxidation sites excluding steroid dienone is 11. The zero-order valence-corrected chi connectivity index (χ0v) is 46.4. The van der Waals surface area contributed by atoms with E-state index >= 15 is 0 Å². The maximum atomic E-state index is 13.5. The van der Waals surface area contributed by atoms with E-state index in [1.165, 1.54) is 103 Å². The highest BCUT2D eigenvalue weighted by molar-refractivity contribution is 7.47. The molecule has 3 atom stereocenters. The summed E-state index contributed by atoms with van der Waals surface area (Å²) >= 11 is 0. The molecule has 0 aliphatic rings. The Balaban J connectivity index is 5.41. The molecule has 0 aromatic rings. The van der Waals surface area contributed by atoms with Gasteiger partial charge < -0.3 is 19.4 Å². The summed E-state index contributed by atoms with van der Waals surface area (Å²) < 4.78 is 30.6. The number of hydrogen-bond donors (Lipinski definition) is 2. The highest BCUT2D eigenvalue weighted by Gasteiger charge is 2.30. The van der Waals surface area contributed by atoms with Crippen molar-refractivity contribution in [3.8, 4) is 0 Å². The van der Waals surface area contributed by atoms with E-state index in [-0.39, 0.29) is 31.5 Å². The van der Waals surface area contributed by atoms with Crippen LogP contribution in [0.4, 0.5) is 0 Å². The highest BCUT2D eigenvalue weighted by Crippen LogP contribution is 2.43. The smallest absolute Gasteiger partial charge is 0.456 e. The first kappa shape index (κ1) is 66.5. The van der Waals surface area contributed by atoms with Gasteiger partial charge in [-0.3, -0.25) is 18.6 Å². The van der Waals surface area contributed by atoms with Crippen LogP contribution in [0, 0.1) is 0 Å². The second-order valence-electron chi connectivity index (χ2n) is 20.1. The Kier molecular flexibility index (Phi) is 47.2.